The van der Waals surface area contributed by atoms with Crippen LogP contribution in [-0.2, 0) is 11.3 Å². The summed E-state index contributed by atoms with van der Waals surface area (Å²) in [4.78, 5) is 28.5. The fourth-order valence-corrected chi connectivity index (χ4v) is 3.84. The van der Waals surface area contributed by atoms with Gasteiger partial charge in [0.15, 0.2) is 0 Å². The van der Waals surface area contributed by atoms with Crippen LogP contribution in [0.1, 0.15) is 61.4 Å². The van der Waals surface area contributed by atoms with E-state index in [1.165, 1.54) is 12.8 Å². The summed E-state index contributed by atoms with van der Waals surface area (Å²) >= 11 is 0. The lowest BCUT2D eigenvalue weighted by molar-refractivity contribution is -0.128. The molecule has 0 aromatic heterocycles. The second kappa shape index (κ2) is 7.16. The maximum atomic E-state index is 12.9. The third-order valence-electron chi connectivity index (χ3n) is 5.09. The molecule has 4 nitrogen and oxygen atoms in total. The first-order chi connectivity index (χ1) is 11.2. The van der Waals surface area contributed by atoms with Crippen LogP contribution in [0.15, 0.2) is 24.3 Å². The van der Waals surface area contributed by atoms with E-state index in [-0.39, 0.29) is 11.8 Å². The highest BCUT2D eigenvalue weighted by molar-refractivity contribution is 5.94. The summed E-state index contributed by atoms with van der Waals surface area (Å²) in [6.07, 6.45) is 6.31. The molecule has 2 aliphatic rings. The second-order valence-corrected chi connectivity index (χ2v) is 6.65. The number of likely N-dealkylation sites (tertiary alicyclic amines) is 1. The Morgan fingerprint density at radius 3 is 2.70 bits per heavy atom. The number of hydrogen-bond acceptors (Lipinski definition) is 2. The van der Waals surface area contributed by atoms with E-state index in [9.17, 15) is 9.59 Å². The molecule has 1 saturated carbocycles. The Balaban J connectivity index is 1.72. The smallest absolute Gasteiger partial charge is 0.254 e. The van der Waals surface area contributed by atoms with Crippen LogP contribution >= 0.6 is 0 Å². The SMILES string of the molecule is CCN(C(=O)c1cccc(CN2CCCC2=O)c1)C1CCCC1. The van der Waals surface area contributed by atoms with Gasteiger partial charge in [0.25, 0.3) is 5.91 Å². The van der Waals surface area contributed by atoms with Crippen molar-refractivity contribution in [1.29, 1.82) is 0 Å². The molecule has 2 fully saturated rings. The molecule has 1 aromatic carbocycles. The standard InChI is InChI=1S/C19H26N2O2/c1-2-21(17-9-3-4-10-17)19(23)16-8-5-7-15(13-16)14-20-12-6-11-18(20)22/h5,7-8,13,17H,2-4,6,9-12,14H2,1H3. The van der Waals surface area contributed by atoms with Crippen LogP contribution in [0.5, 0.6) is 0 Å². The van der Waals surface area contributed by atoms with Crippen molar-refractivity contribution >= 4 is 11.8 Å². The molecule has 3 rings (SSSR count). The van der Waals surface area contributed by atoms with Crippen LogP contribution in [0.2, 0.25) is 0 Å². The molecule has 0 atom stereocenters. The number of rotatable bonds is 5. The summed E-state index contributed by atoms with van der Waals surface area (Å²) < 4.78 is 0. The Hall–Kier alpha value is -1.84. The predicted molar refractivity (Wildman–Crippen MR) is 90.1 cm³/mol. The molecule has 0 bridgehead atoms. The molecule has 0 radical (unpaired) electrons. The molecule has 1 aliphatic carbocycles. The quantitative estimate of drug-likeness (QED) is 0.837. The van der Waals surface area contributed by atoms with E-state index in [0.29, 0.717) is 19.0 Å². The van der Waals surface area contributed by atoms with Crippen molar-refractivity contribution in [2.75, 3.05) is 13.1 Å². The van der Waals surface area contributed by atoms with Crippen molar-refractivity contribution in [1.82, 2.24) is 9.80 Å². The fraction of sp³-hybridized carbons (Fsp3) is 0.579. The summed E-state index contributed by atoms with van der Waals surface area (Å²) in [7, 11) is 0. The van der Waals surface area contributed by atoms with Crippen LogP contribution in [0.25, 0.3) is 0 Å². The van der Waals surface area contributed by atoms with Gasteiger partial charge in [-0.2, -0.15) is 0 Å². The minimum Gasteiger partial charge on any atom is -0.338 e. The minimum absolute atomic E-state index is 0.133. The molecular formula is C19H26N2O2. The van der Waals surface area contributed by atoms with Gasteiger partial charge in [-0.1, -0.05) is 25.0 Å². The van der Waals surface area contributed by atoms with Crippen LogP contribution in [-0.4, -0.2) is 40.7 Å². The van der Waals surface area contributed by atoms with E-state index < -0.39 is 0 Å². The Morgan fingerprint density at radius 1 is 1.26 bits per heavy atom. The zero-order chi connectivity index (χ0) is 16.2. The van der Waals surface area contributed by atoms with Gasteiger partial charge in [0.1, 0.15) is 0 Å². The zero-order valence-corrected chi connectivity index (χ0v) is 14.0. The Morgan fingerprint density at radius 2 is 2.04 bits per heavy atom. The highest BCUT2D eigenvalue weighted by Gasteiger charge is 2.26. The third-order valence-corrected chi connectivity index (χ3v) is 5.09. The molecule has 0 unspecified atom stereocenters. The molecule has 1 saturated heterocycles. The molecule has 0 spiro atoms. The van der Waals surface area contributed by atoms with Gasteiger partial charge in [-0.3, -0.25) is 9.59 Å². The first-order valence-corrected chi connectivity index (χ1v) is 8.86. The Labute approximate surface area is 138 Å². The number of carbonyl (C=O) groups excluding carboxylic acids is 2. The van der Waals surface area contributed by atoms with Crippen molar-refractivity contribution in [2.24, 2.45) is 0 Å². The second-order valence-electron chi connectivity index (χ2n) is 6.65. The number of carbonyl (C=O) groups is 2. The molecule has 23 heavy (non-hydrogen) atoms. The van der Waals surface area contributed by atoms with Crippen LogP contribution in [0.3, 0.4) is 0 Å². The lowest BCUT2D eigenvalue weighted by Crippen LogP contribution is -2.38. The van der Waals surface area contributed by atoms with Crippen LogP contribution in [0.4, 0.5) is 0 Å². The van der Waals surface area contributed by atoms with Crippen molar-refractivity contribution in [2.45, 2.75) is 58.0 Å². The number of nitrogens with zero attached hydrogens (tertiary/aromatic N) is 2. The Kier molecular flexibility index (Phi) is 4.99. The summed E-state index contributed by atoms with van der Waals surface area (Å²) in [5.41, 5.74) is 1.80. The maximum absolute atomic E-state index is 12.9. The van der Waals surface area contributed by atoms with Crippen molar-refractivity contribution in [3.63, 3.8) is 0 Å². The molecular weight excluding hydrogens is 288 g/mol. The van der Waals surface area contributed by atoms with E-state index in [2.05, 4.69) is 6.92 Å². The average molecular weight is 314 g/mol. The van der Waals surface area contributed by atoms with Crippen molar-refractivity contribution in [3.8, 4) is 0 Å². The van der Waals surface area contributed by atoms with Gasteiger partial charge >= 0.3 is 0 Å². The van der Waals surface area contributed by atoms with Crippen LogP contribution < -0.4 is 0 Å². The number of amides is 2. The van der Waals surface area contributed by atoms with Crippen molar-refractivity contribution < 1.29 is 9.59 Å². The first kappa shape index (κ1) is 16.0. The van der Waals surface area contributed by atoms with E-state index in [0.717, 1.165) is 43.5 Å². The summed E-state index contributed by atoms with van der Waals surface area (Å²) in [5.74, 6) is 0.358. The topological polar surface area (TPSA) is 40.6 Å². The van der Waals surface area contributed by atoms with E-state index in [4.69, 9.17) is 0 Å². The summed E-state index contributed by atoms with van der Waals surface area (Å²) in [5, 5.41) is 0. The molecule has 1 aliphatic heterocycles. The highest BCUT2D eigenvalue weighted by Crippen LogP contribution is 2.25. The van der Waals surface area contributed by atoms with Gasteiger partial charge in [-0.15, -0.1) is 0 Å². The lowest BCUT2D eigenvalue weighted by atomic mass is 10.1. The largest absolute Gasteiger partial charge is 0.338 e. The van der Waals surface area contributed by atoms with Gasteiger partial charge in [-0.25, -0.2) is 0 Å². The fourth-order valence-electron chi connectivity index (χ4n) is 3.84. The lowest BCUT2D eigenvalue weighted by Gasteiger charge is -2.28. The van der Waals surface area contributed by atoms with Gasteiger partial charge < -0.3 is 9.80 Å². The van der Waals surface area contributed by atoms with E-state index in [1.807, 2.05) is 34.1 Å². The van der Waals surface area contributed by atoms with Gasteiger partial charge in [-0.05, 0) is 43.9 Å². The van der Waals surface area contributed by atoms with Crippen LogP contribution in [0, 0.1) is 0 Å². The molecule has 1 aromatic rings. The van der Waals surface area contributed by atoms with E-state index in [1.54, 1.807) is 0 Å². The van der Waals surface area contributed by atoms with Crippen molar-refractivity contribution in [3.05, 3.63) is 35.4 Å². The maximum Gasteiger partial charge on any atom is 0.254 e. The van der Waals surface area contributed by atoms with E-state index >= 15 is 0 Å². The normalized spacial score (nSPS) is 18.7. The number of benzene rings is 1. The highest BCUT2D eigenvalue weighted by atomic mass is 16.2. The average Bonchev–Trinajstić information content (AvgIpc) is 3.21. The first-order valence-electron chi connectivity index (χ1n) is 8.86. The van der Waals surface area contributed by atoms with Gasteiger partial charge in [0, 0.05) is 37.7 Å². The predicted octanol–water partition coefficient (Wildman–Crippen LogP) is 3.21. The minimum atomic E-state index is 0.133. The number of hydrogen-bond donors (Lipinski definition) is 0. The van der Waals surface area contributed by atoms with Gasteiger partial charge in [0.2, 0.25) is 5.91 Å². The molecule has 124 valence electrons. The van der Waals surface area contributed by atoms with Gasteiger partial charge in [0.05, 0.1) is 0 Å². The molecule has 2 amide bonds. The molecule has 1 heterocycles. The summed E-state index contributed by atoms with van der Waals surface area (Å²) in [6.45, 7) is 4.27. The monoisotopic (exact) mass is 314 g/mol. The Bertz CT molecular complexity index is 578. The molecule has 0 N–H and O–H groups in total. The third kappa shape index (κ3) is 3.57. The molecule has 4 heteroatoms. The summed E-state index contributed by atoms with van der Waals surface area (Å²) in [6, 6.07) is 8.21. The zero-order valence-electron chi connectivity index (χ0n) is 14.0.